The molecule has 0 saturated carbocycles. The molecule has 1 atom stereocenters. The summed E-state index contributed by atoms with van der Waals surface area (Å²) in [5, 5.41) is 20.0. The van der Waals surface area contributed by atoms with Gasteiger partial charge in [-0.25, -0.2) is 4.98 Å². The minimum atomic E-state index is -0.0293. The van der Waals surface area contributed by atoms with E-state index in [1.807, 2.05) is 25.5 Å². The van der Waals surface area contributed by atoms with Crippen LogP contribution in [0.15, 0.2) is 18.5 Å². The van der Waals surface area contributed by atoms with Gasteiger partial charge in [-0.3, -0.25) is 0 Å². The number of anilines is 1. The van der Waals surface area contributed by atoms with Gasteiger partial charge in [0.15, 0.2) is 5.82 Å². The van der Waals surface area contributed by atoms with E-state index in [4.69, 9.17) is 5.26 Å². The predicted octanol–water partition coefficient (Wildman–Crippen LogP) is 1.56. The SMILES string of the molecule is Cc1cc(C#N)cc(NC(C)c2nncn2C)n1. The number of rotatable bonds is 3. The summed E-state index contributed by atoms with van der Waals surface area (Å²) >= 11 is 0. The van der Waals surface area contributed by atoms with Crippen LogP contribution < -0.4 is 5.32 Å². The molecule has 2 aromatic rings. The van der Waals surface area contributed by atoms with E-state index in [9.17, 15) is 0 Å². The third-order valence-corrected chi connectivity index (χ3v) is 2.58. The van der Waals surface area contributed by atoms with E-state index in [0.29, 0.717) is 11.4 Å². The Morgan fingerprint density at radius 1 is 1.44 bits per heavy atom. The van der Waals surface area contributed by atoms with Crippen molar-refractivity contribution in [3.63, 3.8) is 0 Å². The number of nitrogens with one attached hydrogen (secondary N) is 1. The fourth-order valence-electron chi connectivity index (χ4n) is 1.78. The first kappa shape index (κ1) is 12.0. The van der Waals surface area contributed by atoms with E-state index in [1.165, 1.54) is 0 Å². The molecule has 1 unspecified atom stereocenters. The largest absolute Gasteiger partial charge is 0.360 e. The van der Waals surface area contributed by atoms with Crippen molar-refractivity contribution in [2.45, 2.75) is 19.9 Å². The molecule has 0 radical (unpaired) electrons. The maximum atomic E-state index is 8.92. The topological polar surface area (TPSA) is 79.4 Å². The molecule has 0 amide bonds. The zero-order valence-electron chi connectivity index (χ0n) is 10.5. The number of hydrogen-bond donors (Lipinski definition) is 1. The van der Waals surface area contributed by atoms with Gasteiger partial charge in [0.25, 0.3) is 0 Å². The third kappa shape index (κ3) is 2.46. The van der Waals surface area contributed by atoms with Crippen molar-refractivity contribution in [1.82, 2.24) is 19.7 Å². The molecule has 18 heavy (non-hydrogen) atoms. The Morgan fingerprint density at radius 2 is 2.22 bits per heavy atom. The van der Waals surface area contributed by atoms with Crippen molar-refractivity contribution in [3.8, 4) is 6.07 Å². The molecular formula is C12H14N6. The van der Waals surface area contributed by atoms with Gasteiger partial charge >= 0.3 is 0 Å². The highest BCUT2D eigenvalue weighted by Gasteiger charge is 2.12. The van der Waals surface area contributed by atoms with E-state index in [0.717, 1.165) is 11.5 Å². The van der Waals surface area contributed by atoms with Crippen molar-refractivity contribution >= 4 is 5.82 Å². The van der Waals surface area contributed by atoms with Gasteiger partial charge in [-0.05, 0) is 26.0 Å². The standard InChI is InChI=1S/C12H14N6/c1-8-4-10(6-13)5-11(15-8)16-9(2)12-17-14-7-18(12)3/h4-5,7,9H,1-3H3,(H,15,16). The minimum absolute atomic E-state index is 0.0293. The van der Waals surface area contributed by atoms with Crippen LogP contribution in [0.25, 0.3) is 0 Å². The molecule has 0 aliphatic rings. The molecule has 6 heteroatoms. The van der Waals surface area contributed by atoms with E-state index in [-0.39, 0.29) is 6.04 Å². The Balaban J connectivity index is 2.22. The molecule has 6 nitrogen and oxygen atoms in total. The normalized spacial score (nSPS) is 11.9. The number of nitriles is 1. The number of aromatic nitrogens is 4. The molecule has 0 saturated heterocycles. The van der Waals surface area contributed by atoms with Crippen molar-refractivity contribution in [1.29, 1.82) is 5.26 Å². The van der Waals surface area contributed by atoms with Crippen LogP contribution >= 0.6 is 0 Å². The number of aryl methyl sites for hydroxylation is 2. The first-order valence-corrected chi connectivity index (χ1v) is 5.59. The third-order valence-electron chi connectivity index (χ3n) is 2.58. The lowest BCUT2D eigenvalue weighted by Gasteiger charge is -2.14. The quantitative estimate of drug-likeness (QED) is 0.883. The number of pyridine rings is 1. The molecule has 0 bridgehead atoms. The maximum absolute atomic E-state index is 8.92. The summed E-state index contributed by atoms with van der Waals surface area (Å²) in [6.07, 6.45) is 1.65. The van der Waals surface area contributed by atoms with Crippen LogP contribution in [0.5, 0.6) is 0 Å². The highest BCUT2D eigenvalue weighted by atomic mass is 15.3. The molecule has 2 heterocycles. The second kappa shape index (κ2) is 4.84. The van der Waals surface area contributed by atoms with Crippen LogP contribution in [0.1, 0.15) is 30.0 Å². The van der Waals surface area contributed by atoms with Crippen molar-refractivity contribution in [3.05, 3.63) is 35.5 Å². The Kier molecular flexibility index (Phi) is 3.24. The lowest BCUT2D eigenvalue weighted by Crippen LogP contribution is -2.13. The highest BCUT2D eigenvalue weighted by molar-refractivity contribution is 5.45. The lowest BCUT2D eigenvalue weighted by atomic mass is 10.2. The van der Waals surface area contributed by atoms with Crippen LogP contribution in [0.4, 0.5) is 5.82 Å². The van der Waals surface area contributed by atoms with Gasteiger partial charge in [-0.15, -0.1) is 10.2 Å². The van der Waals surface area contributed by atoms with Crippen LogP contribution in [0.3, 0.4) is 0 Å². The molecule has 92 valence electrons. The molecule has 2 rings (SSSR count). The Labute approximate surface area is 105 Å². The zero-order valence-corrected chi connectivity index (χ0v) is 10.5. The summed E-state index contributed by atoms with van der Waals surface area (Å²) in [6, 6.07) is 5.56. The average molecular weight is 242 g/mol. The van der Waals surface area contributed by atoms with Gasteiger partial charge in [-0.2, -0.15) is 5.26 Å². The molecule has 0 fully saturated rings. The van der Waals surface area contributed by atoms with Gasteiger partial charge in [0.05, 0.1) is 17.7 Å². The maximum Gasteiger partial charge on any atom is 0.154 e. The predicted molar refractivity (Wildman–Crippen MR) is 66.7 cm³/mol. The van der Waals surface area contributed by atoms with Gasteiger partial charge < -0.3 is 9.88 Å². The van der Waals surface area contributed by atoms with Gasteiger partial charge in [0.1, 0.15) is 12.1 Å². The van der Waals surface area contributed by atoms with Crippen LogP contribution in [0, 0.1) is 18.3 Å². The molecule has 0 aliphatic heterocycles. The fraction of sp³-hybridized carbons (Fsp3) is 0.333. The fourth-order valence-corrected chi connectivity index (χ4v) is 1.78. The molecule has 1 N–H and O–H groups in total. The van der Waals surface area contributed by atoms with E-state index in [2.05, 4.69) is 26.6 Å². The average Bonchev–Trinajstić information content (AvgIpc) is 2.74. The van der Waals surface area contributed by atoms with Crippen molar-refractivity contribution in [2.24, 2.45) is 7.05 Å². The van der Waals surface area contributed by atoms with E-state index < -0.39 is 0 Å². The van der Waals surface area contributed by atoms with Crippen LogP contribution in [-0.4, -0.2) is 19.7 Å². The summed E-state index contributed by atoms with van der Waals surface area (Å²) < 4.78 is 1.85. The summed E-state index contributed by atoms with van der Waals surface area (Å²) in [5.41, 5.74) is 1.40. The molecular weight excluding hydrogens is 228 g/mol. The van der Waals surface area contributed by atoms with Crippen LogP contribution in [-0.2, 0) is 7.05 Å². The lowest BCUT2D eigenvalue weighted by molar-refractivity contribution is 0.716. The molecule has 2 aromatic heterocycles. The van der Waals surface area contributed by atoms with Gasteiger partial charge in [0, 0.05) is 12.7 Å². The molecule has 0 aromatic carbocycles. The first-order chi connectivity index (χ1) is 8.60. The van der Waals surface area contributed by atoms with Crippen LogP contribution in [0.2, 0.25) is 0 Å². The highest BCUT2D eigenvalue weighted by Crippen LogP contribution is 2.16. The molecule has 0 aliphatic carbocycles. The summed E-state index contributed by atoms with van der Waals surface area (Å²) in [7, 11) is 1.89. The van der Waals surface area contributed by atoms with Crippen molar-refractivity contribution < 1.29 is 0 Å². The second-order valence-electron chi connectivity index (χ2n) is 4.16. The summed E-state index contributed by atoms with van der Waals surface area (Å²) in [4.78, 5) is 4.34. The number of hydrogen-bond acceptors (Lipinski definition) is 5. The monoisotopic (exact) mass is 242 g/mol. The smallest absolute Gasteiger partial charge is 0.154 e. The molecule has 0 spiro atoms. The zero-order chi connectivity index (χ0) is 13.1. The Morgan fingerprint density at radius 3 is 2.83 bits per heavy atom. The number of nitrogens with zero attached hydrogens (tertiary/aromatic N) is 5. The van der Waals surface area contributed by atoms with E-state index in [1.54, 1.807) is 18.5 Å². The van der Waals surface area contributed by atoms with Gasteiger partial charge in [-0.1, -0.05) is 0 Å². The van der Waals surface area contributed by atoms with Crippen molar-refractivity contribution in [2.75, 3.05) is 5.32 Å². The van der Waals surface area contributed by atoms with Gasteiger partial charge in [0.2, 0.25) is 0 Å². The Bertz CT molecular complexity index is 595. The first-order valence-electron chi connectivity index (χ1n) is 5.59. The summed E-state index contributed by atoms with van der Waals surface area (Å²) in [5.74, 6) is 1.49. The Hall–Kier alpha value is -2.42. The van der Waals surface area contributed by atoms with E-state index >= 15 is 0 Å². The second-order valence-corrected chi connectivity index (χ2v) is 4.16. The minimum Gasteiger partial charge on any atom is -0.360 e. The summed E-state index contributed by atoms with van der Waals surface area (Å²) in [6.45, 7) is 3.83.